The topological polar surface area (TPSA) is 148 Å². The number of nitrogens with zero attached hydrogens (tertiary/aromatic N) is 2. The molecule has 0 saturated carbocycles. The third-order valence-corrected chi connectivity index (χ3v) is 2.71. The van der Waals surface area contributed by atoms with Crippen LogP contribution in [0.3, 0.4) is 0 Å². The number of rotatable bonds is 7. The fourth-order valence-electron chi connectivity index (χ4n) is 1.51. The number of hydrogen-bond acceptors (Lipinski definition) is 6. The van der Waals surface area contributed by atoms with E-state index in [1.807, 2.05) is 0 Å². The molecule has 4 N–H and O–H groups in total. The van der Waals surface area contributed by atoms with Crippen LogP contribution in [0.25, 0.3) is 0 Å². The van der Waals surface area contributed by atoms with Crippen molar-refractivity contribution >= 4 is 23.4 Å². The zero-order valence-corrected chi connectivity index (χ0v) is 10.7. The molecule has 0 aromatic carbocycles. The molecule has 1 amide bonds. The lowest BCUT2D eigenvalue weighted by molar-refractivity contribution is -0.385. The van der Waals surface area contributed by atoms with Gasteiger partial charge in [0.15, 0.2) is 0 Å². The third kappa shape index (κ3) is 3.64. The monoisotopic (exact) mass is 282 g/mol. The molecule has 0 aliphatic carbocycles. The van der Waals surface area contributed by atoms with E-state index in [0.717, 1.165) is 12.3 Å². The molecule has 0 spiro atoms. The molecular formula is C11H14N4O5. The minimum absolute atomic E-state index is 0.0304. The fraction of sp³-hybridized carbons (Fsp3) is 0.364. The van der Waals surface area contributed by atoms with Gasteiger partial charge in [0.1, 0.15) is 12.0 Å². The standard InChI is InChI=1S/C11H14N4O5/c1-2-6(11(17)18)4-13-10-8(9(12)16)3-7(5-14-10)15(19)20/h3,5-6H,2,4H2,1H3,(H2,12,16)(H,13,14)(H,17,18). The zero-order chi connectivity index (χ0) is 15.3. The maximum absolute atomic E-state index is 11.2. The lowest BCUT2D eigenvalue weighted by Crippen LogP contribution is -2.24. The molecule has 1 aromatic heterocycles. The van der Waals surface area contributed by atoms with E-state index in [2.05, 4.69) is 10.3 Å². The largest absolute Gasteiger partial charge is 0.481 e. The SMILES string of the molecule is CCC(CNc1ncc([N+](=O)[O-])cc1C(N)=O)C(=O)O. The highest BCUT2D eigenvalue weighted by molar-refractivity contribution is 5.98. The molecule has 9 heteroatoms. The first kappa shape index (κ1) is 15.3. The molecule has 1 unspecified atom stereocenters. The number of anilines is 1. The van der Waals surface area contributed by atoms with Crippen LogP contribution in [-0.4, -0.2) is 33.4 Å². The number of primary amides is 1. The Bertz CT molecular complexity index is 546. The van der Waals surface area contributed by atoms with E-state index in [1.54, 1.807) is 6.92 Å². The Morgan fingerprint density at radius 2 is 2.25 bits per heavy atom. The van der Waals surface area contributed by atoms with Crippen molar-refractivity contribution in [2.24, 2.45) is 11.7 Å². The molecule has 0 bridgehead atoms. The van der Waals surface area contributed by atoms with Crippen LogP contribution >= 0.6 is 0 Å². The summed E-state index contributed by atoms with van der Waals surface area (Å²) >= 11 is 0. The lowest BCUT2D eigenvalue weighted by Gasteiger charge is -2.13. The average Bonchev–Trinajstić information content (AvgIpc) is 2.38. The molecule has 1 rings (SSSR count). The van der Waals surface area contributed by atoms with Crippen LogP contribution in [0.5, 0.6) is 0 Å². The Kier molecular flexibility index (Phi) is 4.95. The van der Waals surface area contributed by atoms with Crippen LogP contribution in [0.15, 0.2) is 12.3 Å². The summed E-state index contributed by atoms with van der Waals surface area (Å²) < 4.78 is 0. The number of carboxylic acids is 1. The first-order chi connectivity index (χ1) is 9.36. The van der Waals surface area contributed by atoms with Crippen molar-refractivity contribution < 1.29 is 19.6 Å². The van der Waals surface area contributed by atoms with Gasteiger partial charge in [0, 0.05) is 12.6 Å². The van der Waals surface area contributed by atoms with E-state index in [4.69, 9.17) is 10.8 Å². The fourth-order valence-corrected chi connectivity index (χ4v) is 1.51. The van der Waals surface area contributed by atoms with Gasteiger partial charge in [0.25, 0.3) is 11.6 Å². The first-order valence-corrected chi connectivity index (χ1v) is 5.77. The molecular weight excluding hydrogens is 268 g/mol. The summed E-state index contributed by atoms with van der Waals surface area (Å²) in [5.74, 6) is -2.50. The molecule has 0 saturated heterocycles. The highest BCUT2D eigenvalue weighted by atomic mass is 16.6. The van der Waals surface area contributed by atoms with Crippen LogP contribution in [0.4, 0.5) is 11.5 Å². The number of aromatic nitrogens is 1. The normalized spacial score (nSPS) is 11.7. The summed E-state index contributed by atoms with van der Waals surface area (Å²) in [7, 11) is 0. The zero-order valence-electron chi connectivity index (χ0n) is 10.7. The number of amides is 1. The molecule has 108 valence electrons. The highest BCUT2D eigenvalue weighted by Crippen LogP contribution is 2.19. The van der Waals surface area contributed by atoms with Crippen molar-refractivity contribution in [3.05, 3.63) is 27.9 Å². The summed E-state index contributed by atoms with van der Waals surface area (Å²) in [5.41, 5.74) is 4.61. The van der Waals surface area contributed by atoms with Crippen LogP contribution in [-0.2, 0) is 4.79 Å². The average molecular weight is 282 g/mol. The first-order valence-electron chi connectivity index (χ1n) is 5.77. The molecule has 20 heavy (non-hydrogen) atoms. The second-order valence-corrected chi connectivity index (χ2v) is 4.04. The van der Waals surface area contributed by atoms with Gasteiger partial charge in [-0.25, -0.2) is 4.98 Å². The van der Waals surface area contributed by atoms with Gasteiger partial charge in [-0.15, -0.1) is 0 Å². The predicted molar refractivity (Wildman–Crippen MR) is 69.3 cm³/mol. The van der Waals surface area contributed by atoms with E-state index >= 15 is 0 Å². The van der Waals surface area contributed by atoms with Gasteiger partial charge < -0.3 is 16.2 Å². The van der Waals surface area contributed by atoms with Crippen LogP contribution < -0.4 is 11.1 Å². The van der Waals surface area contributed by atoms with E-state index in [9.17, 15) is 19.7 Å². The van der Waals surface area contributed by atoms with Crippen molar-refractivity contribution in [1.82, 2.24) is 4.98 Å². The third-order valence-electron chi connectivity index (χ3n) is 2.71. The van der Waals surface area contributed by atoms with Gasteiger partial charge in [0.05, 0.1) is 16.4 Å². The summed E-state index contributed by atoms with van der Waals surface area (Å²) in [5, 5.41) is 22.2. The van der Waals surface area contributed by atoms with E-state index in [-0.39, 0.29) is 23.6 Å². The number of nitro groups is 1. The molecule has 0 aliphatic heterocycles. The van der Waals surface area contributed by atoms with Gasteiger partial charge in [-0.3, -0.25) is 19.7 Å². The summed E-state index contributed by atoms with van der Waals surface area (Å²) in [6.45, 7) is 1.75. The second-order valence-electron chi connectivity index (χ2n) is 4.04. The number of aliphatic carboxylic acids is 1. The predicted octanol–water partition coefficient (Wildman–Crippen LogP) is 0.611. The Hall–Kier alpha value is -2.71. The van der Waals surface area contributed by atoms with Gasteiger partial charge >= 0.3 is 5.97 Å². The Labute approximate surface area is 114 Å². The van der Waals surface area contributed by atoms with Gasteiger partial charge in [0.2, 0.25) is 0 Å². The van der Waals surface area contributed by atoms with Gasteiger partial charge in [-0.1, -0.05) is 6.92 Å². The van der Waals surface area contributed by atoms with Crippen molar-refractivity contribution in [2.75, 3.05) is 11.9 Å². The smallest absolute Gasteiger partial charge is 0.308 e. The van der Waals surface area contributed by atoms with E-state index < -0.39 is 22.7 Å². The Morgan fingerprint density at radius 1 is 1.60 bits per heavy atom. The molecule has 0 radical (unpaired) electrons. The summed E-state index contributed by atoms with van der Waals surface area (Å²) in [6, 6.07) is 0.999. The number of carbonyl (C=O) groups is 2. The quantitative estimate of drug-likeness (QED) is 0.490. The van der Waals surface area contributed by atoms with Crippen LogP contribution in [0.1, 0.15) is 23.7 Å². The number of nitrogens with one attached hydrogen (secondary N) is 1. The van der Waals surface area contributed by atoms with Crippen molar-refractivity contribution in [3.63, 3.8) is 0 Å². The molecule has 0 aliphatic rings. The lowest BCUT2D eigenvalue weighted by atomic mass is 10.1. The van der Waals surface area contributed by atoms with E-state index in [0.29, 0.717) is 6.42 Å². The van der Waals surface area contributed by atoms with Gasteiger partial charge in [-0.05, 0) is 6.42 Å². The molecule has 1 aromatic rings. The molecule has 9 nitrogen and oxygen atoms in total. The number of hydrogen-bond donors (Lipinski definition) is 3. The second kappa shape index (κ2) is 6.45. The maximum atomic E-state index is 11.2. The van der Waals surface area contributed by atoms with E-state index in [1.165, 1.54) is 0 Å². The summed E-state index contributed by atoms with van der Waals surface area (Å²) in [6.07, 6.45) is 1.36. The van der Waals surface area contributed by atoms with Crippen molar-refractivity contribution in [1.29, 1.82) is 0 Å². The van der Waals surface area contributed by atoms with Crippen molar-refractivity contribution in [2.45, 2.75) is 13.3 Å². The molecule has 0 fully saturated rings. The molecule has 1 atom stereocenters. The minimum Gasteiger partial charge on any atom is -0.481 e. The van der Waals surface area contributed by atoms with Crippen LogP contribution in [0, 0.1) is 16.0 Å². The Balaban J connectivity index is 2.97. The number of nitrogens with two attached hydrogens (primary N) is 1. The maximum Gasteiger partial charge on any atom is 0.308 e. The summed E-state index contributed by atoms with van der Waals surface area (Å²) in [4.78, 5) is 35.8. The number of pyridine rings is 1. The highest BCUT2D eigenvalue weighted by Gasteiger charge is 2.19. The minimum atomic E-state index is -0.984. The van der Waals surface area contributed by atoms with Crippen LogP contribution in [0.2, 0.25) is 0 Å². The number of carbonyl (C=O) groups excluding carboxylic acids is 1. The van der Waals surface area contributed by atoms with Gasteiger partial charge in [-0.2, -0.15) is 0 Å². The van der Waals surface area contributed by atoms with Crippen molar-refractivity contribution in [3.8, 4) is 0 Å². The Morgan fingerprint density at radius 3 is 2.70 bits per heavy atom. The molecule has 1 heterocycles. The number of carboxylic acid groups (broad SMARTS) is 1.